The molecule has 3 aromatic rings. The molecule has 0 radical (unpaired) electrons. The van der Waals surface area contributed by atoms with E-state index in [1.165, 1.54) is 29.5 Å². The summed E-state index contributed by atoms with van der Waals surface area (Å²) in [7, 11) is 0. The van der Waals surface area contributed by atoms with Crippen LogP contribution in [0.4, 0.5) is 11.5 Å². The normalized spacial score (nSPS) is 14.3. The Hall–Kier alpha value is -3.69. The maximum absolute atomic E-state index is 9.64. The lowest BCUT2D eigenvalue weighted by molar-refractivity contribution is -0.143. The molecule has 5 rings (SSSR count). The van der Waals surface area contributed by atoms with Crippen LogP contribution in [0.1, 0.15) is 42.4 Å². The van der Waals surface area contributed by atoms with Crippen LogP contribution in [0.15, 0.2) is 48.7 Å². The summed E-state index contributed by atoms with van der Waals surface area (Å²) in [4.78, 5) is 28.4. The summed E-state index contributed by atoms with van der Waals surface area (Å²) in [6.07, 6.45) is 5.93. The summed E-state index contributed by atoms with van der Waals surface area (Å²) in [6.45, 7) is 3.75. The molecule has 2 aliphatic rings. The standard InChI is InChI=1S/C25H28ClN5.C4H6O4/c26-22-8-7-19-9-12-27-13-10-21(19)24(22)30-16-18-3-5-20(6-4-18)25-28-14-11-23(31-25)29-15-17-1-2-17;5-3(6)1-2-4(7)8/h3-8,11,14,17,27,30H,1-2,9-10,12-13,15-16H2,(H,28,29,31);1-2H2,(H,5,6)(H,7,8). The van der Waals surface area contributed by atoms with Crippen molar-refractivity contribution in [1.82, 2.24) is 15.3 Å². The number of carbonyl (C=O) groups is 2. The number of aromatic nitrogens is 2. The first-order valence-electron chi connectivity index (χ1n) is 13.2. The molecule has 9 nitrogen and oxygen atoms in total. The number of nitrogens with zero attached hydrogens (tertiary/aromatic N) is 2. The van der Waals surface area contributed by atoms with Crippen molar-refractivity contribution in [2.24, 2.45) is 5.92 Å². The fraction of sp³-hybridized carbons (Fsp3) is 0.379. The number of carboxylic acid groups (broad SMARTS) is 2. The van der Waals surface area contributed by atoms with Gasteiger partial charge in [0, 0.05) is 24.8 Å². The molecule has 0 atom stereocenters. The molecule has 2 aromatic carbocycles. The van der Waals surface area contributed by atoms with E-state index < -0.39 is 11.9 Å². The van der Waals surface area contributed by atoms with Gasteiger partial charge >= 0.3 is 11.9 Å². The Labute approximate surface area is 233 Å². The van der Waals surface area contributed by atoms with Gasteiger partial charge < -0.3 is 26.2 Å². The van der Waals surface area contributed by atoms with E-state index in [1.54, 1.807) is 0 Å². The third-order valence-corrected chi connectivity index (χ3v) is 6.96. The fourth-order valence-corrected chi connectivity index (χ4v) is 4.52. The maximum atomic E-state index is 9.64. The van der Waals surface area contributed by atoms with Gasteiger partial charge in [0.15, 0.2) is 5.82 Å². The van der Waals surface area contributed by atoms with E-state index in [-0.39, 0.29) is 12.8 Å². The quantitative estimate of drug-likeness (QED) is 0.239. The highest BCUT2D eigenvalue weighted by Crippen LogP contribution is 2.31. The number of anilines is 2. The van der Waals surface area contributed by atoms with Crippen LogP contribution in [0.2, 0.25) is 5.02 Å². The number of hydrogen-bond donors (Lipinski definition) is 5. The largest absolute Gasteiger partial charge is 0.481 e. The van der Waals surface area contributed by atoms with Crippen molar-refractivity contribution in [3.8, 4) is 11.4 Å². The molecule has 0 unspecified atom stereocenters. The van der Waals surface area contributed by atoms with Gasteiger partial charge in [0.2, 0.25) is 0 Å². The zero-order valence-electron chi connectivity index (χ0n) is 21.8. The van der Waals surface area contributed by atoms with Gasteiger partial charge in [-0.05, 0) is 73.5 Å². The predicted molar refractivity (Wildman–Crippen MR) is 152 cm³/mol. The van der Waals surface area contributed by atoms with Crippen LogP contribution in [-0.4, -0.2) is 51.8 Å². The molecule has 0 spiro atoms. The molecular weight excluding hydrogens is 518 g/mol. The Morgan fingerprint density at radius 1 is 0.949 bits per heavy atom. The Bertz CT molecular complexity index is 1270. The topological polar surface area (TPSA) is 136 Å². The third kappa shape index (κ3) is 8.94. The SMILES string of the molecule is Clc1ccc2c(c1NCc1ccc(-c3nccc(NCC4CC4)n3)cc1)CCNCC2.O=C(O)CCC(=O)O. The lowest BCUT2D eigenvalue weighted by atomic mass is 10.0. The van der Waals surface area contributed by atoms with Crippen molar-refractivity contribution in [3.63, 3.8) is 0 Å². The van der Waals surface area contributed by atoms with Crippen molar-refractivity contribution < 1.29 is 19.8 Å². The molecule has 39 heavy (non-hydrogen) atoms. The molecule has 2 heterocycles. The minimum Gasteiger partial charge on any atom is -0.481 e. The molecule has 1 fully saturated rings. The number of nitrogens with one attached hydrogen (secondary N) is 3. The third-order valence-electron chi connectivity index (χ3n) is 6.64. The van der Waals surface area contributed by atoms with Crippen molar-refractivity contribution in [3.05, 3.63) is 70.4 Å². The molecule has 5 N–H and O–H groups in total. The highest BCUT2D eigenvalue weighted by molar-refractivity contribution is 6.33. The number of benzene rings is 2. The first-order chi connectivity index (χ1) is 18.9. The van der Waals surface area contributed by atoms with Gasteiger partial charge in [-0.25, -0.2) is 9.97 Å². The van der Waals surface area contributed by atoms with E-state index in [2.05, 4.69) is 56.3 Å². The zero-order chi connectivity index (χ0) is 27.6. The Balaban J connectivity index is 0.000000386. The second-order valence-electron chi connectivity index (χ2n) is 9.74. The van der Waals surface area contributed by atoms with Gasteiger partial charge in [0.05, 0.1) is 23.6 Å². The van der Waals surface area contributed by atoms with E-state index in [0.29, 0.717) is 0 Å². The average Bonchev–Trinajstić information content (AvgIpc) is 3.78. The zero-order valence-corrected chi connectivity index (χ0v) is 22.5. The van der Waals surface area contributed by atoms with E-state index in [9.17, 15) is 9.59 Å². The monoisotopic (exact) mass is 551 g/mol. The summed E-state index contributed by atoms with van der Waals surface area (Å²) in [6, 6.07) is 14.6. The van der Waals surface area contributed by atoms with Crippen molar-refractivity contribution in [2.75, 3.05) is 30.3 Å². The van der Waals surface area contributed by atoms with Gasteiger partial charge in [0.1, 0.15) is 5.82 Å². The van der Waals surface area contributed by atoms with Gasteiger partial charge in [-0.3, -0.25) is 9.59 Å². The summed E-state index contributed by atoms with van der Waals surface area (Å²) < 4.78 is 0. The average molecular weight is 552 g/mol. The highest BCUT2D eigenvalue weighted by Gasteiger charge is 2.20. The summed E-state index contributed by atoms with van der Waals surface area (Å²) in [5.41, 5.74) is 6.03. The minimum absolute atomic E-state index is 0.296. The van der Waals surface area contributed by atoms with Gasteiger partial charge in [-0.1, -0.05) is 41.9 Å². The van der Waals surface area contributed by atoms with Crippen molar-refractivity contribution in [2.45, 2.75) is 45.1 Å². The number of fused-ring (bicyclic) bond motifs is 1. The Morgan fingerprint density at radius 2 is 1.67 bits per heavy atom. The fourth-order valence-electron chi connectivity index (χ4n) is 4.28. The van der Waals surface area contributed by atoms with Crippen molar-refractivity contribution >= 4 is 35.0 Å². The number of hydrogen-bond acceptors (Lipinski definition) is 7. The Kier molecular flexibility index (Phi) is 10.1. The molecule has 1 aliphatic heterocycles. The molecule has 0 saturated heterocycles. The predicted octanol–water partition coefficient (Wildman–Crippen LogP) is 4.86. The van der Waals surface area contributed by atoms with Crippen LogP contribution in [0.3, 0.4) is 0 Å². The van der Waals surface area contributed by atoms with Crippen LogP contribution >= 0.6 is 11.6 Å². The molecule has 1 aromatic heterocycles. The van der Waals surface area contributed by atoms with Crippen LogP contribution in [-0.2, 0) is 29.0 Å². The van der Waals surface area contributed by atoms with E-state index in [0.717, 1.165) is 72.9 Å². The number of aliphatic carboxylic acids is 2. The summed E-state index contributed by atoms with van der Waals surface area (Å²) in [5, 5.41) is 27.1. The first-order valence-corrected chi connectivity index (χ1v) is 13.6. The molecule has 0 bridgehead atoms. The number of rotatable bonds is 10. The van der Waals surface area contributed by atoms with Gasteiger partial charge in [-0.15, -0.1) is 0 Å². The second kappa shape index (κ2) is 13.9. The molecule has 206 valence electrons. The highest BCUT2D eigenvalue weighted by atomic mass is 35.5. The second-order valence-corrected chi connectivity index (χ2v) is 10.1. The van der Waals surface area contributed by atoms with Gasteiger partial charge in [-0.2, -0.15) is 0 Å². The number of halogens is 1. The summed E-state index contributed by atoms with van der Waals surface area (Å²) >= 11 is 6.54. The van der Waals surface area contributed by atoms with Crippen LogP contribution in [0.5, 0.6) is 0 Å². The first kappa shape index (κ1) is 28.3. The van der Waals surface area contributed by atoms with Crippen LogP contribution < -0.4 is 16.0 Å². The molecule has 1 saturated carbocycles. The van der Waals surface area contributed by atoms with Crippen molar-refractivity contribution in [1.29, 1.82) is 0 Å². The molecular formula is C29H34ClN5O4. The summed E-state index contributed by atoms with van der Waals surface area (Å²) in [5.74, 6) is 0.315. The molecule has 0 amide bonds. The molecule has 1 aliphatic carbocycles. The number of carboxylic acids is 2. The van der Waals surface area contributed by atoms with E-state index in [1.807, 2.05) is 18.3 Å². The maximum Gasteiger partial charge on any atom is 0.303 e. The van der Waals surface area contributed by atoms with Crippen LogP contribution in [0, 0.1) is 5.92 Å². The van der Waals surface area contributed by atoms with Gasteiger partial charge in [0.25, 0.3) is 0 Å². The minimum atomic E-state index is -1.08. The molecule has 10 heteroatoms. The Morgan fingerprint density at radius 3 is 2.36 bits per heavy atom. The van der Waals surface area contributed by atoms with Crippen LogP contribution in [0.25, 0.3) is 11.4 Å². The smallest absolute Gasteiger partial charge is 0.303 e. The van der Waals surface area contributed by atoms with E-state index >= 15 is 0 Å². The lowest BCUT2D eigenvalue weighted by Gasteiger charge is -2.16. The van der Waals surface area contributed by atoms with E-state index in [4.69, 9.17) is 21.8 Å². The lowest BCUT2D eigenvalue weighted by Crippen LogP contribution is -2.16.